The first-order valence-electron chi connectivity index (χ1n) is 6.15. The Balaban J connectivity index is 2.00. The number of aryl methyl sites for hydroxylation is 1. The van der Waals surface area contributed by atoms with Crippen molar-refractivity contribution in [1.29, 1.82) is 0 Å². The fraction of sp³-hybridized carbons (Fsp3) is 0.615. The van der Waals surface area contributed by atoms with E-state index >= 15 is 0 Å². The molecule has 94 valence electrons. The standard InChI is InChI=1S/C13H19NO3/c1-3-10-4-5-14(7-10)8-11-6-12(13(15)16)9(2)17-11/h6,10H,3-5,7-8H2,1-2H3,(H,15,16). The first-order valence-corrected chi connectivity index (χ1v) is 6.15. The Hall–Kier alpha value is -1.29. The van der Waals surface area contributed by atoms with Crippen LogP contribution in [0.4, 0.5) is 0 Å². The molecule has 1 unspecified atom stereocenters. The van der Waals surface area contributed by atoms with Crippen molar-refractivity contribution in [3.05, 3.63) is 23.2 Å². The van der Waals surface area contributed by atoms with Crippen molar-refractivity contribution in [2.24, 2.45) is 5.92 Å². The highest BCUT2D eigenvalue weighted by molar-refractivity contribution is 5.88. The van der Waals surface area contributed by atoms with Gasteiger partial charge in [-0.05, 0) is 31.9 Å². The van der Waals surface area contributed by atoms with Crippen LogP contribution in [0.1, 0.15) is 41.6 Å². The van der Waals surface area contributed by atoms with E-state index in [9.17, 15) is 4.79 Å². The molecular formula is C13H19NO3. The van der Waals surface area contributed by atoms with Crippen molar-refractivity contribution in [2.75, 3.05) is 13.1 Å². The molecule has 4 nitrogen and oxygen atoms in total. The van der Waals surface area contributed by atoms with Crippen LogP contribution < -0.4 is 0 Å². The van der Waals surface area contributed by atoms with Crippen LogP contribution in [-0.4, -0.2) is 29.1 Å². The zero-order valence-electron chi connectivity index (χ0n) is 10.4. The van der Waals surface area contributed by atoms with Gasteiger partial charge in [0.25, 0.3) is 0 Å². The van der Waals surface area contributed by atoms with Crippen molar-refractivity contribution < 1.29 is 14.3 Å². The Morgan fingerprint density at radius 3 is 2.94 bits per heavy atom. The topological polar surface area (TPSA) is 53.7 Å². The second kappa shape index (κ2) is 4.92. The summed E-state index contributed by atoms with van der Waals surface area (Å²) in [6.45, 7) is 6.82. The second-order valence-electron chi connectivity index (χ2n) is 4.79. The maximum absolute atomic E-state index is 10.9. The summed E-state index contributed by atoms with van der Waals surface area (Å²) in [5.74, 6) is 1.13. The molecule has 0 radical (unpaired) electrons. The van der Waals surface area contributed by atoms with Gasteiger partial charge < -0.3 is 9.52 Å². The van der Waals surface area contributed by atoms with Crippen LogP contribution in [0.25, 0.3) is 0 Å². The molecule has 1 aromatic rings. The number of rotatable bonds is 4. The monoisotopic (exact) mass is 237 g/mol. The summed E-state index contributed by atoms with van der Waals surface area (Å²) in [6, 6.07) is 1.65. The minimum absolute atomic E-state index is 0.284. The molecular weight excluding hydrogens is 218 g/mol. The number of carboxylic acids is 1. The lowest BCUT2D eigenvalue weighted by atomic mass is 10.1. The van der Waals surface area contributed by atoms with Gasteiger partial charge in [0.2, 0.25) is 0 Å². The Labute approximate surface area is 101 Å². The molecule has 1 aliphatic rings. The first-order chi connectivity index (χ1) is 8.10. The molecule has 4 heteroatoms. The molecule has 17 heavy (non-hydrogen) atoms. The third kappa shape index (κ3) is 2.69. The van der Waals surface area contributed by atoms with Crippen LogP contribution in [0.5, 0.6) is 0 Å². The van der Waals surface area contributed by atoms with Gasteiger partial charge in [0.1, 0.15) is 17.1 Å². The number of hydrogen-bond acceptors (Lipinski definition) is 3. The van der Waals surface area contributed by atoms with E-state index in [0.717, 1.165) is 31.3 Å². The van der Waals surface area contributed by atoms with E-state index in [1.54, 1.807) is 13.0 Å². The van der Waals surface area contributed by atoms with Gasteiger partial charge in [-0.1, -0.05) is 13.3 Å². The third-order valence-corrected chi connectivity index (χ3v) is 3.53. The molecule has 0 saturated carbocycles. The molecule has 0 amide bonds. The average molecular weight is 237 g/mol. The smallest absolute Gasteiger partial charge is 0.339 e. The van der Waals surface area contributed by atoms with Gasteiger partial charge in [-0.3, -0.25) is 4.90 Å². The predicted octanol–water partition coefficient (Wildman–Crippen LogP) is 2.52. The number of nitrogens with zero attached hydrogens (tertiary/aromatic N) is 1. The van der Waals surface area contributed by atoms with Gasteiger partial charge in [0, 0.05) is 6.54 Å². The number of hydrogen-bond donors (Lipinski definition) is 1. The van der Waals surface area contributed by atoms with Crippen LogP contribution in [0.3, 0.4) is 0 Å². The minimum atomic E-state index is -0.912. The minimum Gasteiger partial charge on any atom is -0.478 e. The largest absolute Gasteiger partial charge is 0.478 e. The molecule has 1 aliphatic heterocycles. The van der Waals surface area contributed by atoms with Gasteiger partial charge >= 0.3 is 5.97 Å². The lowest BCUT2D eigenvalue weighted by Gasteiger charge is -2.13. The van der Waals surface area contributed by atoms with Crippen molar-refractivity contribution in [3.8, 4) is 0 Å². The normalized spacial score (nSPS) is 20.9. The van der Waals surface area contributed by atoms with E-state index < -0.39 is 5.97 Å². The molecule has 0 aromatic carbocycles. The number of carbonyl (C=O) groups is 1. The number of furan rings is 1. The quantitative estimate of drug-likeness (QED) is 0.874. The van der Waals surface area contributed by atoms with E-state index in [-0.39, 0.29) is 5.56 Å². The molecule has 2 heterocycles. The van der Waals surface area contributed by atoms with Crippen molar-refractivity contribution in [3.63, 3.8) is 0 Å². The van der Waals surface area contributed by atoms with Crippen molar-refractivity contribution in [2.45, 2.75) is 33.2 Å². The van der Waals surface area contributed by atoms with E-state index in [1.807, 2.05) is 0 Å². The molecule has 0 spiro atoms. The third-order valence-electron chi connectivity index (χ3n) is 3.53. The molecule has 0 aliphatic carbocycles. The first kappa shape index (κ1) is 12.2. The average Bonchev–Trinajstić information content (AvgIpc) is 2.85. The van der Waals surface area contributed by atoms with Gasteiger partial charge in [-0.25, -0.2) is 4.79 Å². The van der Waals surface area contributed by atoms with Crippen molar-refractivity contribution in [1.82, 2.24) is 4.90 Å². The van der Waals surface area contributed by atoms with Gasteiger partial charge in [-0.2, -0.15) is 0 Å². The Kier molecular flexibility index (Phi) is 3.52. The summed E-state index contributed by atoms with van der Waals surface area (Å²) in [5.41, 5.74) is 0.284. The van der Waals surface area contributed by atoms with Crippen molar-refractivity contribution >= 4 is 5.97 Å². The van der Waals surface area contributed by atoms with Crippen LogP contribution in [-0.2, 0) is 6.54 Å². The van der Waals surface area contributed by atoms with E-state index in [4.69, 9.17) is 9.52 Å². The number of likely N-dealkylation sites (tertiary alicyclic amines) is 1. The summed E-state index contributed by atoms with van der Waals surface area (Å²) < 4.78 is 5.48. The van der Waals surface area contributed by atoms with Gasteiger partial charge in [0.15, 0.2) is 0 Å². The zero-order chi connectivity index (χ0) is 12.4. The lowest BCUT2D eigenvalue weighted by molar-refractivity contribution is 0.0695. The zero-order valence-corrected chi connectivity index (χ0v) is 10.4. The summed E-state index contributed by atoms with van der Waals surface area (Å²) in [4.78, 5) is 13.2. The Morgan fingerprint density at radius 1 is 1.65 bits per heavy atom. The van der Waals surface area contributed by atoms with E-state index in [0.29, 0.717) is 5.76 Å². The number of aromatic carboxylic acids is 1. The summed E-state index contributed by atoms with van der Waals surface area (Å²) in [6.07, 6.45) is 2.45. The Bertz CT molecular complexity index is 411. The number of carboxylic acid groups (broad SMARTS) is 1. The van der Waals surface area contributed by atoms with Crippen LogP contribution in [0.2, 0.25) is 0 Å². The summed E-state index contributed by atoms with van der Waals surface area (Å²) in [5, 5.41) is 8.95. The summed E-state index contributed by atoms with van der Waals surface area (Å²) in [7, 11) is 0. The summed E-state index contributed by atoms with van der Waals surface area (Å²) >= 11 is 0. The maximum atomic E-state index is 10.9. The lowest BCUT2D eigenvalue weighted by Crippen LogP contribution is -2.19. The van der Waals surface area contributed by atoms with E-state index in [2.05, 4.69) is 11.8 Å². The molecule has 1 fully saturated rings. The Morgan fingerprint density at radius 2 is 2.41 bits per heavy atom. The highest BCUT2D eigenvalue weighted by Crippen LogP contribution is 2.23. The second-order valence-corrected chi connectivity index (χ2v) is 4.79. The van der Waals surface area contributed by atoms with E-state index in [1.165, 1.54) is 12.8 Å². The molecule has 1 N–H and O–H groups in total. The SMILES string of the molecule is CCC1CCN(Cc2cc(C(=O)O)c(C)o2)C1. The molecule has 2 rings (SSSR count). The molecule has 0 bridgehead atoms. The maximum Gasteiger partial charge on any atom is 0.339 e. The van der Waals surface area contributed by atoms with Gasteiger partial charge in [-0.15, -0.1) is 0 Å². The highest BCUT2D eigenvalue weighted by Gasteiger charge is 2.22. The van der Waals surface area contributed by atoms with Crippen LogP contribution >= 0.6 is 0 Å². The fourth-order valence-electron chi connectivity index (χ4n) is 2.44. The molecule has 1 atom stereocenters. The van der Waals surface area contributed by atoms with Gasteiger partial charge in [0.05, 0.1) is 6.54 Å². The van der Waals surface area contributed by atoms with Crippen LogP contribution in [0, 0.1) is 12.8 Å². The predicted molar refractivity (Wildman–Crippen MR) is 64.1 cm³/mol. The molecule has 1 aromatic heterocycles. The molecule has 1 saturated heterocycles. The van der Waals surface area contributed by atoms with Crippen LogP contribution in [0.15, 0.2) is 10.5 Å². The highest BCUT2D eigenvalue weighted by atomic mass is 16.4. The fourth-order valence-corrected chi connectivity index (χ4v) is 2.44.